The molecule has 2 aromatic heterocycles. The smallest absolute Gasteiger partial charge is 0.130 e. The number of aryl methyl sites for hydroxylation is 1. The van der Waals surface area contributed by atoms with E-state index in [1.165, 1.54) is 11.1 Å². The lowest BCUT2D eigenvalue weighted by molar-refractivity contribution is 0.272. The fourth-order valence-corrected chi connectivity index (χ4v) is 3.39. The van der Waals surface area contributed by atoms with Crippen LogP contribution in [0.2, 0.25) is 0 Å². The Kier molecular flexibility index (Phi) is 13.5. The number of benzene rings is 1. The predicted molar refractivity (Wildman–Crippen MR) is 165 cm³/mol. The highest BCUT2D eigenvalue weighted by Crippen LogP contribution is 2.19. The maximum Gasteiger partial charge on any atom is 0.130 e. The van der Waals surface area contributed by atoms with Gasteiger partial charge in [-0.05, 0) is 55.5 Å². The summed E-state index contributed by atoms with van der Waals surface area (Å²) < 4.78 is 6.99. The van der Waals surface area contributed by atoms with Crippen LogP contribution >= 0.6 is 0 Å². The van der Waals surface area contributed by atoms with Crippen molar-refractivity contribution in [3.63, 3.8) is 0 Å². The van der Waals surface area contributed by atoms with Crippen molar-refractivity contribution < 1.29 is 4.74 Å². The maximum atomic E-state index is 5.19. The van der Waals surface area contributed by atoms with E-state index in [0.29, 0.717) is 13.2 Å². The van der Waals surface area contributed by atoms with Crippen LogP contribution in [0.25, 0.3) is 17.2 Å². The molecule has 3 rings (SSSR count). The van der Waals surface area contributed by atoms with E-state index >= 15 is 0 Å². The Hall–Kier alpha value is -4.45. The van der Waals surface area contributed by atoms with Crippen molar-refractivity contribution in [2.75, 3.05) is 11.9 Å². The average molecular weight is 524 g/mol. The minimum Gasteiger partial charge on any atom is -0.501 e. The molecule has 0 amide bonds. The van der Waals surface area contributed by atoms with Crippen LogP contribution in [0, 0.1) is 0 Å². The molecular formula is C33H41N5O. The van der Waals surface area contributed by atoms with E-state index in [4.69, 9.17) is 4.74 Å². The van der Waals surface area contributed by atoms with E-state index in [0.717, 1.165) is 40.2 Å². The minimum absolute atomic E-state index is 0.641. The van der Waals surface area contributed by atoms with Gasteiger partial charge in [0.2, 0.25) is 0 Å². The van der Waals surface area contributed by atoms with Crippen molar-refractivity contribution >= 4 is 11.9 Å². The number of rotatable bonds is 12. The fraction of sp³-hybridized carbons (Fsp3) is 0.242. The first-order valence-electron chi connectivity index (χ1n) is 13.1. The molecule has 0 fully saturated rings. The van der Waals surface area contributed by atoms with Gasteiger partial charge >= 0.3 is 0 Å². The number of ether oxygens (including phenoxy) is 1. The summed E-state index contributed by atoms with van der Waals surface area (Å²) in [5.74, 6) is 0.780. The van der Waals surface area contributed by atoms with Crippen molar-refractivity contribution in [3.8, 4) is 11.1 Å². The molecule has 0 aliphatic carbocycles. The fourth-order valence-electron chi connectivity index (χ4n) is 3.39. The molecule has 1 aromatic carbocycles. The van der Waals surface area contributed by atoms with Gasteiger partial charge < -0.3 is 10.1 Å². The Balaban J connectivity index is 0.000000326. The maximum absolute atomic E-state index is 5.19. The van der Waals surface area contributed by atoms with E-state index in [9.17, 15) is 0 Å². The molecule has 0 aliphatic heterocycles. The van der Waals surface area contributed by atoms with E-state index in [-0.39, 0.29) is 0 Å². The number of nitrogens with one attached hydrogen (secondary N) is 1. The second kappa shape index (κ2) is 17.1. The third kappa shape index (κ3) is 10.8. The normalized spacial score (nSPS) is 12.1. The molecule has 2 heterocycles. The summed E-state index contributed by atoms with van der Waals surface area (Å²) in [6.07, 6.45) is 19.9. The van der Waals surface area contributed by atoms with Crippen molar-refractivity contribution in [2.24, 2.45) is 7.05 Å². The summed E-state index contributed by atoms with van der Waals surface area (Å²) in [7, 11) is 1.92. The average Bonchev–Trinajstić information content (AvgIpc) is 3.41. The highest BCUT2D eigenvalue weighted by atomic mass is 16.5. The first-order chi connectivity index (χ1) is 18.9. The molecule has 6 heteroatoms. The van der Waals surface area contributed by atoms with Crippen LogP contribution in [0.15, 0.2) is 116 Å². The van der Waals surface area contributed by atoms with Crippen LogP contribution in [-0.2, 0) is 18.3 Å². The van der Waals surface area contributed by atoms with Crippen molar-refractivity contribution in [1.29, 1.82) is 0 Å². The predicted octanol–water partition coefficient (Wildman–Crippen LogP) is 8.08. The van der Waals surface area contributed by atoms with Gasteiger partial charge in [-0.1, -0.05) is 80.3 Å². The highest BCUT2D eigenvalue weighted by Gasteiger charge is 2.02. The molecule has 0 bridgehead atoms. The Morgan fingerprint density at radius 1 is 1.03 bits per heavy atom. The second-order valence-electron chi connectivity index (χ2n) is 8.68. The van der Waals surface area contributed by atoms with Gasteiger partial charge in [0.25, 0.3) is 0 Å². The molecule has 39 heavy (non-hydrogen) atoms. The van der Waals surface area contributed by atoms with Gasteiger partial charge in [0.05, 0.1) is 24.8 Å². The molecule has 6 nitrogen and oxygen atoms in total. The highest BCUT2D eigenvalue weighted by molar-refractivity contribution is 5.62. The standard InChI is InChI=1S/C19H21N5O.C14H20/c1-3-25-9-8-18-10-19(22-14-21-18)20-11-15-4-6-16(7-5-15)17-12-23-24(2)13-17;1-6-12(5)10-11-14(9-4)13(7-2)8-3/h4-10,12-14H,3,11H2,1-2H3,(H,20,21,22);7-11H,2,4,6H2,1,3,5H3/b9-8+;12-10+,13-8+,14-11+. The number of anilines is 1. The molecule has 0 spiro atoms. The van der Waals surface area contributed by atoms with Gasteiger partial charge in [-0.25, -0.2) is 9.97 Å². The zero-order valence-corrected chi connectivity index (χ0v) is 23.9. The minimum atomic E-state index is 0.641. The summed E-state index contributed by atoms with van der Waals surface area (Å²) in [6.45, 7) is 17.1. The lowest BCUT2D eigenvalue weighted by atomic mass is 10.0. The van der Waals surface area contributed by atoms with Crippen molar-refractivity contribution in [2.45, 2.75) is 40.7 Å². The molecule has 0 radical (unpaired) electrons. The van der Waals surface area contributed by atoms with Gasteiger partial charge in [0.1, 0.15) is 12.1 Å². The Labute approximate surface area is 233 Å². The first-order valence-corrected chi connectivity index (χ1v) is 13.1. The molecule has 0 unspecified atom stereocenters. The largest absolute Gasteiger partial charge is 0.501 e. The number of nitrogens with zero attached hydrogens (tertiary/aromatic N) is 4. The second-order valence-corrected chi connectivity index (χ2v) is 8.68. The Morgan fingerprint density at radius 3 is 2.36 bits per heavy atom. The molecule has 204 valence electrons. The number of aromatic nitrogens is 4. The molecule has 0 aliphatic rings. The zero-order valence-electron chi connectivity index (χ0n) is 23.9. The topological polar surface area (TPSA) is 64.9 Å². The summed E-state index contributed by atoms with van der Waals surface area (Å²) in [5.41, 5.74) is 7.86. The number of hydrogen-bond donors (Lipinski definition) is 1. The van der Waals surface area contributed by atoms with Gasteiger partial charge in [-0.2, -0.15) is 5.10 Å². The SMILES string of the molecule is C=CC(=C\C)/C(C=C)=C/C=C(\C)CC.CCO/C=C/c1cc(NCc2ccc(-c3cnn(C)c3)cc2)ncn1. The summed E-state index contributed by atoms with van der Waals surface area (Å²) >= 11 is 0. The molecular weight excluding hydrogens is 482 g/mol. The molecule has 3 aromatic rings. The van der Waals surface area contributed by atoms with E-state index in [1.54, 1.807) is 17.3 Å². The summed E-state index contributed by atoms with van der Waals surface area (Å²) in [6, 6.07) is 10.3. The lowest BCUT2D eigenvalue weighted by Crippen LogP contribution is -2.02. The van der Waals surface area contributed by atoms with Gasteiger partial charge in [0, 0.05) is 31.4 Å². The molecule has 0 atom stereocenters. The first kappa shape index (κ1) is 30.8. The zero-order chi connectivity index (χ0) is 28.5. The van der Waals surface area contributed by atoms with Gasteiger partial charge in [-0.15, -0.1) is 0 Å². The van der Waals surface area contributed by atoms with Gasteiger partial charge in [0.15, 0.2) is 0 Å². The Morgan fingerprint density at radius 2 is 1.77 bits per heavy atom. The Bertz CT molecular complexity index is 1310. The van der Waals surface area contributed by atoms with E-state index in [1.807, 2.05) is 63.7 Å². The van der Waals surface area contributed by atoms with Crippen molar-refractivity contribution in [1.82, 2.24) is 19.7 Å². The van der Waals surface area contributed by atoms with E-state index < -0.39 is 0 Å². The lowest BCUT2D eigenvalue weighted by Gasteiger charge is -2.07. The summed E-state index contributed by atoms with van der Waals surface area (Å²) in [4.78, 5) is 8.43. The van der Waals surface area contributed by atoms with Crippen LogP contribution in [0.1, 0.15) is 45.4 Å². The van der Waals surface area contributed by atoms with Crippen molar-refractivity contribution in [3.05, 3.63) is 127 Å². The number of allylic oxidation sites excluding steroid dienone is 8. The molecule has 1 N–H and O–H groups in total. The quantitative estimate of drug-likeness (QED) is 0.192. The third-order valence-corrected chi connectivity index (χ3v) is 5.84. The van der Waals surface area contributed by atoms with Crippen LogP contribution < -0.4 is 5.32 Å². The summed E-state index contributed by atoms with van der Waals surface area (Å²) in [5, 5.41) is 7.51. The van der Waals surface area contributed by atoms with E-state index in [2.05, 4.69) is 83.8 Å². The molecule has 0 saturated carbocycles. The van der Waals surface area contributed by atoms with Crippen LogP contribution in [0.4, 0.5) is 5.82 Å². The van der Waals surface area contributed by atoms with Crippen LogP contribution in [0.5, 0.6) is 0 Å². The third-order valence-electron chi connectivity index (χ3n) is 5.84. The number of hydrogen-bond acceptors (Lipinski definition) is 5. The molecule has 0 saturated heterocycles. The van der Waals surface area contributed by atoms with Crippen LogP contribution in [-0.4, -0.2) is 26.4 Å². The van der Waals surface area contributed by atoms with Crippen LogP contribution in [0.3, 0.4) is 0 Å². The monoisotopic (exact) mass is 523 g/mol. The van der Waals surface area contributed by atoms with Gasteiger partial charge in [-0.3, -0.25) is 4.68 Å².